The van der Waals surface area contributed by atoms with Crippen molar-refractivity contribution in [3.63, 3.8) is 0 Å². The topological polar surface area (TPSA) is 46.5 Å². The number of aryl methyl sites for hydroxylation is 1. The molecular weight excluding hydrogens is 192 g/mol. The lowest BCUT2D eigenvalue weighted by Gasteiger charge is -2.37. The molecule has 1 aromatic rings. The highest BCUT2D eigenvalue weighted by Crippen LogP contribution is 2.32. The lowest BCUT2D eigenvalue weighted by atomic mass is 9.78. The molecule has 0 aromatic heterocycles. The molecule has 0 atom stereocenters. The molecule has 1 heterocycles. The van der Waals surface area contributed by atoms with Crippen LogP contribution in [0.4, 0.5) is 0 Å². The van der Waals surface area contributed by atoms with Crippen LogP contribution >= 0.6 is 0 Å². The molecule has 0 amide bonds. The van der Waals surface area contributed by atoms with Gasteiger partial charge in [-0.1, -0.05) is 31.2 Å². The lowest BCUT2D eigenvalue weighted by Crippen LogP contribution is -2.53. The monoisotopic (exact) mass is 206 g/mol. The van der Waals surface area contributed by atoms with Crippen LogP contribution in [0.5, 0.6) is 0 Å². The van der Waals surface area contributed by atoms with Crippen molar-refractivity contribution in [1.82, 2.24) is 0 Å². The Balaban J connectivity index is 2.31. The lowest BCUT2D eigenvalue weighted by molar-refractivity contribution is -0.163. The average molecular weight is 206 g/mol. The van der Waals surface area contributed by atoms with Crippen molar-refractivity contribution in [3.05, 3.63) is 35.4 Å². The highest BCUT2D eigenvalue weighted by atomic mass is 16.5. The van der Waals surface area contributed by atoms with Crippen molar-refractivity contribution in [2.75, 3.05) is 13.2 Å². The summed E-state index contributed by atoms with van der Waals surface area (Å²) in [4.78, 5) is 11.2. The van der Waals surface area contributed by atoms with Crippen LogP contribution in [0.25, 0.3) is 0 Å². The Labute approximate surface area is 88.7 Å². The zero-order chi connectivity index (χ0) is 10.9. The molecule has 15 heavy (non-hydrogen) atoms. The molecule has 3 nitrogen and oxygen atoms in total. The normalized spacial score (nSPS) is 18.2. The molecule has 1 fully saturated rings. The van der Waals surface area contributed by atoms with Crippen LogP contribution in [-0.4, -0.2) is 24.3 Å². The van der Waals surface area contributed by atoms with E-state index in [1.807, 2.05) is 24.3 Å². The maximum absolute atomic E-state index is 11.2. The molecule has 1 aliphatic heterocycles. The molecule has 0 spiro atoms. The Kier molecular flexibility index (Phi) is 2.49. The van der Waals surface area contributed by atoms with E-state index in [2.05, 4.69) is 6.92 Å². The van der Waals surface area contributed by atoms with E-state index in [0.29, 0.717) is 0 Å². The average Bonchev–Trinajstić information content (AvgIpc) is 2.16. The number of rotatable bonds is 3. The number of ether oxygens (including phenoxy) is 1. The molecule has 1 aliphatic rings. The van der Waals surface area contributed by atoms with Gasteiger partial charge in [0.05, 0.1) is 13.2 Å². The zero-order valence-electron chi connectivity index (χ0n) is 8.69. The summed E-state index contributed by atoms with van der Waals surface area (Å²) in [5, 5.41) is 9.18. The molecule has 1 N–H and O–H groups in total. The molecule has 1 saturated heterocycles. The second-order valence-electron chi connectivity index (χ2n) is 3.93. The highest BCUT2D eigenvalue weighted by molar-refractivity contribution is 5.82. The second-order valence-corrected chi connectivity index (χ2v) is 3.93. The van der Waals surface area contributed by atoms with Crippen molar-refractivity contribution < 1.29 is 14.6 Å². The summed E-state index contributed by atoms with van der Waals surface area (Å²) in [5.74, 6) is -0.794. The van der Waals surface area contributed by atoms with Gasteiger partial charge in [0, 0.05) is 0 Å². The van der Waals surface area contributed by atoms with Gasteiger partial charge in [-0.15, -0.1) is 0 Å². The fourth-order valence-corrected chi connectivity index (χ4v) is 1.78. The van der Waals surface area contributed by atoms with Gasteiger partial charge in [-0.25, -0.2) is 0 Å². The molecule has 3 heteroatoms. The Morgan fingerprint density at radius 2 is 2.00 bits per heavy atom. The summed E-state index contributed by atoms with van der Waals surface area (Å²) < 4.78 is 5.03. The summed E-state index contributed by atoms with van der Waals surface area (Å²) in [7, 11) is 0. The zero-order valence-corrected chi connectivity index (χ0v) is 8.69. The van der Waals surface area contributed by atoms with Crippen molar-refractivity contribution in [2.24, 2.45) is 0 Å². The number of benzene rings is 1. The molecule has 0 aliphatic carbocycles. The Bertz CT molecular complexity index is 363. The summed E-state index contributed by atoms with van der Waals surface area (Å²) >= 11 is 0. The minimum atomic E-state index is -0.799. The summed E-state index contributed by atoms with van der Waals surface area (Å²) in [5.41, 5.74) is 1.27. The molecule has 80 valence electrons. The first-order valence-corrected chi connectivity index (χ1v) is 5.09. The number of carboxylic acids is 1. The van der Waals surface area contributed by atoms with Crippen LogP contribution in [0.2, 0.25) is 0 Å². The first-order valence-electron chi connectivity index (χ1n) is 5.09. The summed E-state index contributed by atoms with van der Waals surface area (Å²) in [6.07, 6.45) is 0.969. The number of carbonyl (C=O) groups is 1. The summed E-state index contributed by atoms with van der Waals surface area (Å²) in [6, 6.07) is 7.77. The molecule has 0 bridgehead atoms. The maximum atomic E-state index is 11.2. The first-order chi connectivity index (χ1) is 7.19. The number of hydrogen-bond donors (Lipinski definition) is 1. The van der Waals surface area contributed by atoms with Gasteiger partial charge in [-0.3, -0.25) is 4.79 Å². The third kappa shape index (κ3) is 1.53. The number of aliphatic carboxylic acids is 1. The van der Waals surface area contributed by atoms with Gasteiger partial charge in [0.15, 0.2) is 0 Å². The van der Waals surface area contributed by atoms with E-state index in [9.17, 15) is 9.90 Å². The third-order valence-electron chi connectivity index (χ3n) is 3.02. The molecule has 2 rings (SSSR count). The van der Waals surface area contributed by atoms with E-state index < -0.39 is 11.4 Å². The predicted molar refractivity (Wildman–Crippen MR) is 56.0 cm³/mol. The largest absolute Gasteiger partial charge is 0.480 e. The maximum Gasteiger partial charge on any atom is 0.318 e. The van der Waals surface area contributed by atoms with Gasteiger partial charge >= 0.3 is 5.97 Å². The fraction of sp³-hybridized carbons (Fsp3) is 0.417. The van der Waals surface area contributed by atoms with Crippen LogP contribution in [0.1, 0.15) is 18.1 Å². The van der Waals surface area contributed by atoms with E-state index in [4.69, 9.17) is 4.74 Å². The smallest absolute Gasteiger partial charge is 0.318 e. The van der Waals surface area contributed by atoms with Gasteiger partial charge in [-0.05, 0) is 17.5 Å². The fourth-order valence-electron chi connectivity index (χ4n) is 1.78. The van der Waals surface area contributed by atoms with E-state index >= 15 is 0 Å². The van der Waals surface area contributed by atoms with E-state index in [0.717, 1.165) is 12.0 Å². The van der Waals surface area contributed by atoms with Crippen LogP contribution in [0, 0.1) is 0 Å². The molecule has 1 aromatic carbocycles. The molecule has 0 unspecified atom stereocenters. The minimum Gasteiger partial charge on any atom is -0.480 e. The van der Waals surface area contributed by atoms with Crippen molar-refractivity contribution in [1.29, 1.82) is 0 Å². The van der Waals surface area contributed by atoms with Gasteiger partial charge in [0.2, 0.25) is 0 Å². The van der Waals surface area contributed by atoms with Crippen molar-refractivity contribution in [2.45, 2.75) is 18.8 Å². The predicted octanol–water partition coefficient (Wildman–Crippen LogP) is 1.60. The first kappa shape index (κ1) is 10.2. The molecular formula is C12H14O3. The number of hydrogen-bond acceptors (Lipinski definition) is 2. The standard InChI is InChI=1S/C12H14O3/c1-2-9-3-5-10(6-4-9)12(11(13)14)7-15-8-12/h3-6H,2,7-8H2,1H3,(H,13,14). The second kappa shape index (κ2) is 3.66. The van der Waals surface area contributed by atoms with Gasteiger partial charge < -0.3 is 9.84 Å². The SMILES string of the molecule is CCc1ccc(C2(C(=O)O)COC2)cc1. The minimum absolute atomic E-state index is 0.286. The van der Waals surface area contributed by atoms with E-state index in [-0.39, 0.29) is 13.2 Å². The Morgan fingerprint density at radius 1 is 1.40 bits per heavy atom. The molecule has 0 radical (unpaired) electrons. The van der Waals surface area contributed by atoms with Crippen LogP contribution in [0.3, 0.4) is 0 Å². The van der Waals surface area contributed by atoms with Gasteiger partial charge in [-0.2, -0.15) is 0 Å². The van der Waals surface area contributed by atoms with Gasteiger partial charge in [0.1, 0.15) is 5.41 Å². The third-order valence-corrected chi connectivity index (χ3v) is 3.02. The highest BCUT2D eigenvalue weighted by Gasteiger charge is 2.47. The van der Waals surface area contributed by atoms with E-state index in [1.54, 1.807) is 0 Å². The van der Waals surface area contributed by atoms with Gasteiger partial charge in [0.25, 0.3) is 0 Å². The number of carboxylic acid groups (broad SMARTS) is 1. The Hall–Kier alpha value is -1.35. The molecule has 0 saturated carbocycles. The van der Waals surface area contributed by atoms with Crippen LogP contribution in [-0.2, 0) is 21.4 Å². The van der Waals surface area contributed by atoms with Crippen molar-refractivity contribution >= 4 is 5.97 Å². The van der Waals surface area contributed by atoms with Crippen LogP contribution < -0.4 is 0 Å². The summed E-state index contributed by atoms with van der Waals surface area (Å²) in [6.45, 7) is 2.65. The quantitative estimate of drug-likeness (QED) is 0.817. The Morgan fingerprint density at radius 3 is 2.33 bits per heavy atom. The van der Waals surface area contributed by atoms with Crippen LogP contribution in [0.15, 0.2) is 24.3 Å². The van der Waals surface area contributed by atoms with Crippen molar-refractivity contribution in [3.8, 4) is 0 Å². The van der Waals surface area contributed by atoms with E-state index in [1.165, 1.54) is 5.56 Å².